The van der Waals surface area contributed by atoms with Gasteiger partial charge in [0.1, 0.15) is 0 Å². The first kappa shape index (κ1) is 18.4. The minimum absolute atomic E-state index is 0.301. The molecule has 7 nitrogen and oxygen atoms in total. The van der Waals surface area contributed by atoms with Crippen LogP contribution in [0.5, 0.6) is 0 Å². The standard InChI is InChI=1S/C21H25N5O2/c1-2-28-20(27)15-9-11-18(12-10-15)26(17-7-5-3-4-6-8-17)21-22-13-16-14-23-25-19(16)24-21/h9-14,17H,2-8H2,1H3,(H,22,23,24,25). The van der Waals surface area contributed by atoms with Crippen LogP contribution < -0.4 is 4.90 Å². The molecule has 1 aromatic carbocycles. The monoisotopic (exact) mass is 379 g/mol. The van der Waals surface area contributed by atoms with E-state index in [1.54, 1.807) is 12.4 Å². The van der Waals surface area contributed by atoms with Crippen LogP contribution in [-0.2, 0) is 4.74 Å². The highest BCUT2D eigenvalue weighted by molar-refractivity contribution is 5.90. The Morgan fingerprint density at radius 2 is 1.89 bits per heavy atom. The Hall–Kier alpha value is -2.96. The lowest BCUT2D eigenvalue weighted by atomic mass is 10.1. The highest BCUT2D eigenvalue weighted by atomic mass is 16.5. The van der Waals surface area contributed by atoms with E-state index in [0.717, 1.165) is 29.6 Å². The molecule has 7 heteroatoms. The van der Waals surface area contributed by atoms with Gasteiger partial charge >= 0.3 is 5.97 Å². The number of fused-ring (bicyclic) bond motifs is 1. The Balaban J connectivity index is 1.70. The van der Waals surface area contributed by atoms with Crippen LogP contribution in [0.3, 0.4) is 0 Å². The van der Waals surface area contributed by atoms with Gasteiger partial charge in [-0.1, -0.05) is 25.7 Å². The summed E-state index contributed by atoms with van der Waals surface area (Å²) >= 11 is 0. The maximum atomic E-state index is 12.0. The fraction of sp³-hybridized carbons (Fsp3) is 0.429. The third-order valence-electron chi connectivity index (χ3n) is 5.24. The van der Waals surface area contributed by atoms with E-state index in [9.17, 15) is 4.79 Å². The SMILES string of the molecule is CCOC(=O)c1ccc(N(c2ncc3cn[nH]c3n2)C2CCCCCC2)cc1. The first-order valence-electron chi connectivity index (χ1n) is 9.99. The van der Waals surface area contributed by atoms with E-state index in [0.29, 0.717) is 24.2 Å². The molecule has 4 rings (SSSR count). The van der Waals surface area contributed by atoms with E-state index in [1.807, 2.05) is 31.2 Å². The highest BCUT2D eigenvalue weighted by Crippen LogP contribution is 2.32. The zero-order valence-electron chi connectivity index (χ0n) is 16.1. The van der Waals surface area contributed by atoms with Gasteiger partial charge in [0, 0.05) is 17.9 Å². The van der Waals surface area contributed by atoms with E-state index in [1.165, 1.54) is 25.7 Å². The van der Waals surface area contributed by atoms with Gasteiger partial charge in [0.2, 0.25) is 5.95 Å². The molecule has 0 saturated heterocycles. The van der Waals surface area contributed by atoms with Crippen LogP contribution in [0.2, 0.25) is 0 Å². The molecule has 0 radical (unpaired) electrons. The van der Waals surface area contributed by atoms with Gasteiger partial charge < -0.3 is 9.64 Å². The molecule has 1 aliphatic rings. The Labute approximate surface area is 164 Å². The van der Waals surface area contributed by atoms with Gasteiger partial charge in [-0.3, -0.25) is 5.10 Å². The molecule has 3 aromatic rings. The number of anilines is 2. The van der Waals surface area contributed by atoms with Crippen LogP contribution in [0.15, 0.2) is 36.7 Å². The summed E-state index contributed by atoms with van der Waals surface area (Å²) in [5, 5.41) is 7.87. The van der Waals surface area contributed by atoms with Gasteiger partial charge in [-0.15, -0.1) is 0 Å². The molecule has 146 valence electrons. The molecule has 0 amide bonds. The fourth-order valence-corrected chi connectivity index (χ4v) is 3.82. The summed E-state index contributed by atoms with van der Waals surface area (Å²) in [6.07, 6.45) is 10.7. The molecule has 0 aliphatic heterocycles. The van der Waals surface area contributed by atoms with E-state index in [2.05, 4.69) is 20.1 Å². The average Bonchev–Trinajstić information content (AvgIpc) is 3.03. The lowest BCUT2D eigenvalue weighted by molar-refractivity contribution is 0.0526. The van der Waals surface area contributed by atoms with E-state index in [4.69, 9.17) is 9.72 Å². The second kappa shape index (κ2) is 8.37. The molecule has 2 aromatic heterocycles. The number of hydrogen-bond acceptors (Lipinski definition) is 6. The van der Waals surface area contributed by atoms with Gasteiger partial charge in [-0.25, -0.2) is 9.78 Å². The first-order valence-corrected chi connectivity index (χ1v) is 9.99. The maximum Gasteiger partial charge on any atom is 0.338 e. The molecule has 1 saturated carbocycles. The number of nitrogens with zero attached hydrogens (tertiary/aromatic N) is 4. The molecule has 0 spiro atoms. The number of nitrogens with one attached hydrogen (secondary N) is 1. The summed E-state index contributed by atoms with van der Waals surface area (Å²) in [6, 6.07) is 7.86. The van der Waals surface area contributed by atoms with Crippen molar-refractivity contribution < 1.29 is 9.53 Å². The van der Waals surface area contributed by atoms with Crippen molar-refractivity contribution in [1.82, 2.24) is 20.2 Å². The van der Waals surface area contributed by atoms with Crippen LogP contribution >= 0.6 is 0 Å². The van der Waals surface area contributed by atoms with Crippen molar-refractivity contribution in [2.45, 2.75) is 51.5 Å². The minimum atomic E-state index is -0.301. The van der Waals surface area contributed by atoms with Crippen molar-refractivity contribution in [2.75, 3.05) is 11.5 Å². The molecular weight excluding hydrogens is 354 g/mol. The Morgan fingerprint density at radius 1 is 1.14 bits per heavy atom. The van der Waals surface area contributed by atoms with E-state index in [-0.39, 0.29) is 5.97 Å². The quantitative estimate of drug-likeness (QED) is 0.523. The molecule has 0 atom stereocenters. The third kappa shape index (κ3) is 3.83. The average molecular weight is 379 g/mol. The molecule has 2 heterocycles. The second-order valence-corrected chi connectivity index (χ2v) is 7.13. The smallest absolute Gasteiger partial charge is 0.338 e. The number of esters is 1. The van der Waals surface area contributed by atoms with Crippen LogP contribution in [0.1, 0.15) is 55.8 Å². The van der Waals surface area contributed by atoms with Crippen LogP contribution in [0.4, 0.5) is 11.6 Å². The molecule has 28 heavy (non-hydrogen) atoms. The van der Waals surface area contributed by atoms with Crippen molar-refractivity contribution in [3.8, 4) is 0 Å². The number of ether oxygens (including phenoxy) is 1. The van der Waals surface area contributed by atoms with Crippen LogP contribution in [-0.4, -0.2) is 38.8 Å². The van der Waals surface area contributed by atoms with Gasteiger partial charge in [-0.2, -0.15) is 10.1 Å². The number of rotatable bonds is 5. The number of hydrogen-bond donors (Lipinski definition) is 1. The van der Waals surface area contributed by atoms with E-state index < -0.39 is 0 Å². The molecule has 0 unspecified atom stereocenters. The van der Waals surface area contributed by atoms with Gasteiger partial charge in [0.25, 0.3) is 0 Å². The van der Waals surface area contributed by atoms with Gasteiger partial charge in [0.15, 0.2) is 5.65 Å². The van der Waals surface area contributed by atoms with E-state index >= 15 is 0 Å². The fourth-order valence-electron chi connectivity index (χ4n) is 3.82. The molecular formula is C21H25N5O2. The zero-order chi connectivity index (χ0) is 19.3. The third-order valence-corrected chi connectivity index (χ3v) is 5.24. The first-order chi connectivity index (χ1) is 13.8. The zero-order valence-corrected chi connectivity index (χ0v) is 16.1. The molecule has 1 aliphatic carbocycles. The lowest BCUT2D eigenvalue weighted by Gasteiger charge is -2.31. The number of aromatic amines is 1. The van der Waals surface area contributed by atoms with Crippen molar-refractivity contribution in [1.29, 1.82) is 0 Å². The molecule has 1 N–H and O–H groups in total. The number of aromatic nitrogens is 4. The number of carbonyl (C=O) groups is 1. The summed E-state index contributed by atoms with van der Waals surface area (Å²) in [7, 11) is 0. The normalized spacial score (nSPS) is 15.3. The van der Waals surface area contributed by atoms with Crippen LogP contribution in [0.25, 0.3) is 11.0 Å². The summed E-state index contributed by atoms with van der Waals surface area (Å²) in [6.45, 7) is 2.18. The summed E-state index contributed by atoms with van der Waals surface area (Å²) in [5.74, 6) is 0.359. The maximum absolute atomic E-state index is 12.0. The number of H-pyrrole nitrogens is 1. The van der Waals surface area contributed by atoms with Crippen molar-refractivity contribution >= 4 is 28.6 Å². The largest absolute Gasteiger partial charge is 0.462 e. The Bertz CT molecular complexity index is 929. The minimum Gasteiger partial charge on any atom is -0.462 e. The number of carbonyl (C=O) groups excluding carboxylic acids is 1. The van der Waals surface area contributed by atoms with Crippen LogP contribution in [0, 0.1) is 0 Å². The van der Waals surface area contributed by atoms with Gasteiger partial charge in [-0.05, 0) is 44.0 Å². The predicted molar refractivity (Wildman–Crippen MR) is 108 cm³/mol. The Kier molecular flexibility index (Phi) is 5.50. The predicted octanol–water partition coefficient (Wildman–Crippen LogP) is 4.39. The van der Waals surface area contributed by atoms with Gasteiger partial charge in [0.05, 0.1) is 23.8 Å². The highest BCUT2D eigenvalue weighted by Gasteiger charge is 2.25. The number of benzene rings is 1. The van der Waals surface area contributed by atoms with Crippen molar-refractivity contribution in [3.05, 3.63) is 42.2 Å². The summed E-state index contributed by atoms with van der Waals surface area (Å²) in [4.78, 5) is 23.5. The molecule has 0 bridgehead atoms. The topological polar surface area (TPSA) is 84.0 Å². The summed E-state index contributed by atoms with van der Waals surface area (Å²) in [5.41, 5.74) is 2.27. The Morgan fingerprint density at radius 3 is 2.61 bits per heavy atom. The van der Waals surface area contributed by atoms with Crippen molar-refractivity contribution in [2.24, 2.45) is 0 Å². The second-order valence-electron chi connectivity index (χ2n) is 7.13. The van der Waals surface area contributed by atoms with Crippen molar-refractivity contribution in [3.63, 3.8) is 0 Å². The summed E-state index contributed by atoms with van der Waals surface area (Å²) < 4.78 is 5.10. The lowest BCUT2D eigenvalue weighted by Crippen LogP contribution is -2.32. The molecule has 1 fully saturated rings.